The molecule has 0 saturated heterocycles. The molecule has 1 aliphatic rings. The second-order valence-corrected chi connectivity index (χ2v) is 21.0. The van der Waals surface area contributed by atoms with Crippen LogP contribution in [0.15, 0.2) is 48.6 Å². The van der Waals surface area contributed by atoms with Crippen LogP contribution in [-0.4, -0.2) is 108 Å². The van der Waals surface area contributed by atoms with Gasteiger partial charge in [-0.15, -0.1) is 0 Å². The van der Waals surface area contributed by atoms with Crippen LogP contribution >= 0.6 is 7.82 Å². The second-order valence-electron chi connectivity index (χ2n) is 19.6. The van der Waals surface area contributed by atoms with Gasteiger partial charge < -0.3 is 46.0 Å². The average molecular weight is 1000 g/mol. The van der Waals surface area contributed by atoms with Crippen LogP contribution in [0.25, 0.3) is 0 Å². The fraction of sp³-hybridized carbons (Fsp3) is 0.836. The average Bonchev–Trinajstić information content (AvgIpc) is 3.32. The monoisotopic (exact) mass is 1000 g/mol. The molecule has 14 heteroatoms. The summed E-state index contributed by atoms with van der Waals surface area (Å²) in [5, 5.41) is 74.8. The Bertz CT molecular complexity index is 1360. The highest BCUT2D eigenvalue weighted by atomic mass is 31.2. The van der Waals surface area contributed by atoms with E-state index in [0.29, 0.717) is 12.8 Å². The first-order valence-corrected chi connectivity index (χ1v) is 29.2. The minimum atomic E-state index is -5.16. The predicted molar refractivity (Wildman–Crippen MR) is 280 cm³/mol. The Hall–Kier alpha value is -1.74. The van der Waals surface area contributed by atoms with Gasteiger partial charge in [0.15, 0.2) is 0 Å². The molecule has 1 amide bonds. The van der Waals surface area contributed by atoms with Crippen LogP contribution < -0.4 is 5.32 Å². The van der Waals surface area contributed by atoms with E-state index in [-0.39, 0.29) is 6.42 Å². The minimum Gasteiger partial charge on any atom is -0.393 e. The van der Waals surface area contributed by atoms with Gasteiger partial charge in [-0.1, -0.05) is 210 Å². The Kier molecular flexibility index (Phi) is 41.4. The van der Waals surface area contributed by atoms with E-state index in [2.05, 4.69) is 55.6 Å². The molecule has 0 spiro atoms. The van der Waals surface area contributed by atoms with E-state index in [1.54, 1.807) is 6.08 Å². The highest BCUT2D eigenvalue weighted by Gasteiger charge is 2.51. The third-order valence-electron chi connectivity index (χ3n) is 13.1. The maximum Gasteiger partial charge on any atom is 0.472 e. The van der Waals surface area contributed by atoms with Crippen molar-refractivity contribution in [2.45, 2.75) is 287 Å². The number of allylic oxidation sites excluding steroid dienone is 7. The summed E-state index contributed by atoms with van der Waals surface area (Å²) in [4.78, 5) is 23.5. The number of hydrogen-bond acceptors (Lipinski definition) is 11. The Morgan fingerprint density at radius 3 is 1.36 bits per heavy atom. The molecule has 69 heavy (non-hydrogen) atoms. The number of aliphatic hydroxyl groups excluding tert-OH is 7. The molecule has 0 aliphatic heterocycles. The predicted octanol–water partition coefficient (Wildman–Crippen LogP) is 11.0. The number of hydrogen-bond donors (Lipinski definition) is 9. The van der Waals surface area contributed by atoms with E-state index in [1.165, 1.54) is 134 Å². The van der Waals surface area contributed by atoms with Gasteiger partial charge in [0, 0.05) is 0 Å². The summed E-state index contributed by atoms with van der Waals surface area (Å²) in [6, 6.07) is -1.26. The molecule has 0 aromatic rings. The molecule has 9 N–H and O–H groups in total. The summed E-state index contributed by atoms with van der Waals surface area (Å²) >= 11 is 0. The highest BCUT2D eigenvalue weighted by molar-refractivity contribution is 7.47. The molecule has 1 saturated carbocycles. The van der Waals surface area contributed by atoms with Gasteiger partial charge in [-0.25, -0.2) is 4.57 Å². The van der Waals surface area contributed by atoms with E-state index in [1.807, 2.05) is 0 Å². The molecule has 0 bridgehead atoms. The number of carbonyl (C=O) groups is 1. The van der Waals surface area contributed by atoms with Gasteiger partial charge in [0.1, 0.15) is 36.6 Å². The smallest absolute Gasteiger partial charge is 0.393 e. The van der Waals surface area contributed by atoms with Crippen molar-refractivity contribution in [1.29, 1.82) is 0 Å². The molecule has 0 radical (unpaired) electrons. The van der Waals surface area contributed by atoms with Crippen molar-refractivity contribution in [3.05, 3.63) is 48.6 Å². The van der Waals surface area contributed by atoms with Crippen LogP contribution in [0.1, 0.15) is 232 Å². The van der Waals surface area contributed by atoms with Crippen molar-refractivity contribution in [1.82, 2.24) is 5.32 Å². The third kappa shape index (κ3) is 35.1. The maximum atomic E-state index is 13.1. The number of carbonyl (C=O) groups excluding carboxylic acids is 1. The number of phosphoric ester groups is 1. The lowest BCUT2D eigenvalue weighted by atomic mass is 9.85. The number of amides is 1. The Morgan fingerprint density at radius 2 is 0.899 bits per heavy atom. The zero-order valence-corrected chi connectivity index (χ0v) is 44.1. The lowest BCUT2D eigenvalue weighted by molar-refractivity contribution is -0.220. The Labute approximate surface area is 419 Å². The SMILES string of the molecule is CCCCCCCCCCC/C=C\C/C=C\CCCCCCCC(O)CC(=O)NC(COP(=O)(O)OC1C(O)C(O)C(O)C(O)C1O)C(O)/C=C/CC/C=C/CCCCCCCCCCCCCC. The zero-order chi connectivity index (χ0) is 50.8. The fourth-order valence-electron chi connectivity index (χ4n) is 8.64. The Balaban J connectivity index is 2.48. The van der Waals surface area contributed by atoms with Crippen LogP contribution in [0, 0.1) is 0 Å². The number of nitrogens with one attached hydrogen (secondary N) is 1. The third-order valence-corrected chi connectivity index (χ3v) is 14.1. The molecule has 13 nitrogen and oxygen atoms in total. The first-order chi connectivity index (χ1) is 33.3. The molecule has 8 atom stereocenters. The van der Waals surface area contributed by atoms with Crippen LogP contribution in [0.2, 0.25) is 0 Å². The fourth-order valence-corrected chi connectivity index (χ4v) is 9.61. The molecule has 1 rings (SSSR count). The van der Waals surface area contributed by atoms with Crippen LogP contribution in [0.3, 0.4) is 0 Å². The minimum absolute atomic E-state index is 0.263. The molecular weight excluding hydrogens is 898 g/mol. The summed E-state index contributed by atoms with van der Waals surface area (Å²) in [6.45, 7) is 3.75. The molecule has 8 unspecified atom stereocenters. The number of unbranched alkanes of at least 4 members (excludes halogenated alkanes) is 27. The van der Waals surface area contributed by atoms with Gasteiger partial charge in [-0.05, 0) is 64.2 Å². The van der Waals surface area contributed by atoms with Crippen molar-refractivity contribution in [2.75, 3.05) is 6.61 Å². The summed E-state index contributed by atoms with van der Waals surface area (Å²) < 4.78 is 23.0. The molecule has 0 aromatic heterocycles. The highest BCUT2D eigenvalue weighted by Crippen LogP contribution is 2.47. The summed E-state index contributed by atoms with van der Waals surface area (Å²) in [7, 11) is -5.16. The number of phosphoric acid groups is 1. The van der Waals surface area contributed by atoms with Crippen molar-refractivity contribution in [3.8, 4) is 0 Å². The van der Waals surface area contributed by atoms with Crippen molar-refractivity contribution < 1.29 is 59.0 Å². The van der Waals surface area contributed by atoms with Gasteiger partial charge in [0.2, 0.25) is 5.91 Å². The van der Waals surface area contributed by atoms with E-state index in [4.69, 9.17) is 9.05 Å². The lowest BCUT2D eigenvalue weighted by Crippen LogP contribution is -2.64. The van der Waals surface area contributed by atoms with E-state index >= 15 is 0 Å². The topological polar surface area (TPSA) is 226 Å². The summed E-state index contributed by atoms with van der Waals surface area (Å²) in [6.07, 6.45) is 40.5. The number of rotatable bonds is 46. The van der Waals surface area contributed by atoms with Gasteiger partial charge in [-0.2, -0.15) is 0 Å². The first-order valence-electron chi connectivity index (χ1n) is 27.7. The van der Waals surface area contributed by atoms with Crippen molar-refractivity contribution in [2.24, 2.45) is 0 Å². The molecule has 0 heterocycles. The van der Waals surface area contributed by atoms with Gasteiger partial charge >= 0.3 is 7.82 Å². The summed E-state index contributed by atoms with van der Waals surface area (Å²) in [5.41, 5.74) is 0. The summed E-state index contributed by atoms with van der Waals surface area (Å²) in [5.74, 6) is -0.610. The lowest BCUT2D eigenvalue weighted by Gasteiger charge is -2.41. The van der Waals surface area contributed by atoms with Gasteiger partial charge in [-0.3, -0.25) is 13.8 Å². The largest absolute Gasteiger partial charge is 0.472 e. The van der Waals surface area contributed by atoms with E-state index < -0.39 is 75.2 Å². The molecule has 1 aliphatic carbocycles. The first kappa shape index (κ1) is 65.3. The van der Waals surface area contributed by atoms with Gasteiger partial charge in [0.05, 0.1) is 31.3 Å². The van der Waals surface area contributed by atoms with Crippen LogP contribution in [-0.2, 0) is 18.4 Å². The Morgan fingerprint density at radius 1 is 0.522 bits per heavy atom. The maximum absolute atomic E-state index is 13.1. The van der Waals surface area contributed by atoms with Crippen LogP contribution in [0.4, 0.5) is 0 Å². The molecular formula is C55H102NO12P. The van der Waals surface area contributed by atoms with Crippen molar-refractivity contribution >= 4 is 13.7 Å². The number of aliphatic hydroxyl groups is 7. The molecule has 0 aromatic carbocycles. The molecule has 1 fully saturated rings. The zero-order valence-electron chi connectivity index (χ0n) is 43.2. The quantitative estimate of drug-likeness (QED) is 0.0158. The normalized spacial score (nSPS) is 22.3. The van der Waals surface area contributed by atoms with E-state index in [0.717, 1.165) is 70.6 Å². The van der Waals surface area contributed by atoms with Crippen molar-refractivity contribution in [3.63, 3.8) is 0 Å². The van der Waals surface area contributed by atoms with Crippen LogP contribution in [0.5, 0.6) is 0 Å². The standard InChI is InChI=1S/C55H102NO12P/c1-3-5-7-9-11-13-15-17-19-21-23-24-25-26-28-30-32-34-36-38-40-42-46(57)44-49(59)56-47(45-67-69(65,66)68-55-53(63)51(61)50(60)52(62)54(55)64)48(58)43-41-39-37-35-33-31-29-27-22-20-18-16-14-12-10-8-6-4-2/h23-24,26,28,33,35,41,43,46-48,50-55,57-58,60-64H,3-22,25,27,29-32,34,36-40,42,44-45H2,1-2H3,(H,56,59)(H,65,66)/b24-23-,28-26-,35-33+,43-41+. The molecule has 404 valence electrons. The second kappa shape index (κ2) is 43.8. The van der Waals surface area contributed by atoms with E-state index in [9.17, 15) is 50.0 Å². The van der Waals surface area contributed by atoms with Gasteiger partial charge in [0.25, 0.3) is 0 Å².